The van der Waals surface area contributed by atoms with Crippen molar-refractivity contribution in [2.75, 3.05) is 39.4 Å². The number of hydrogen-bond acceptors (Lipinski definition) is 5. The fourth-order valence-corrected chi connectivity index (χ4v) is 4.56. The topological polar surface area (TPSA) is 105 Å². The first-order valence-corrected chi connectivity index (χ1v) is 11.2. The second-order valence-electron chi connectivity index (χ2n) is 6.98. The van der Waals surface area contributed by atoms with Crippen molar-refractivity contribution in [2.45, 2.75) is 11.8 Å². The molecule has 1 aliphatic rings. The van der Waals surface area contributed by atoms with Crippen LogP contribution >= 0.6 is 0 Å². The summed E-state index contributed by atoms with van der Waals surface area (Å²) in [7, 11) is -3.73. The van der Waals surface area contributed by atoms with Crippen molar-refractivity contribution in [3.63, 3.8) is 0 Å². The number of carbonyl (C=O) groups excluding carboxylic acids is 2. The molecular formula is C21H24FN3O5S. The third-order valence-electron chi connectivity index (χ3n) is 4.88. The number of carbonyl (C=O) groups is 2. The summed E-state index contributed by atoms with van der Waals surface area (Å²) in [5, 5.41) is 5.18. The molecule has 0 unspecified atom stereocenters. The minimum atomic E-state index is -3.73. The first-order chi connectivity index (χ1) is 14.8. The molecule has 2 amide bonds. The number of ether oxygens (including phenoxy) is 1. The van der Waals surface area contributed by atoms with E-state index in [9.17, 15) is 22.4 Å². The van der Waals surface area contributed by atoms with Gasteiger partial charge in [-0.15, -0.1) is 0 Å². The molecule has 10 heteroatoms. The Morgan fingerprint density at radius 3 is 2.26 bits per heavy atom. The summed E-state index contributed by atoms with van der Waals surface area (Å²) in [4.78, 5) is 24.6. The largest absolute Gasteiger partial charge is 0.379 e. The number of aryl methyl sites for hydroxylation is 1. The van der Waals surface area contributed by atoms with Crippen LogP contribution in [0.3, 0.4) is 0 Å². The Morgan fingerprint density at radius 1 is 1.00 bits per heavy atom. The van der Waals surface area contributed by atoms with E-state index in [0.717, 1.165) is 0 Å². The van der Waals surface area contributed by atoms with Gasteiger partial charge in [-0.3, -0.25) is 9.59 Å². The molecule has 2 aromatic carbocycles. The lowest BCUT2D eigenvalue weighted by atomic mass is 10.1. The molecule has 0 aromatic heterocycles. The molecule has 8 nitrogen and oxygen atoms in total. The van der Waals surface area contributed by atoms with E-state index in [1.54, 1.807) is 19.1 Å². The number of hydrogen-bond donors (Lipinski definition) is 2. The van der Waals surface area contributed by atoms with Crippen molar-refractivity contribution in [1.29, 1.82) is 0 Å². The minimum Gasteiger partial charge on any atom is -0.379 e. The quantitative estimate of drug-likeness (QED) is 0.621. The standard InChI is InChI=1S/C21H24FN3O5S/c1-15-6-7-16(31(28,29)25-10-12-30-13-11-25)14-18(15)21(27)24-9-8-23-20(26)17-4-2-3-5-19(17)22/h2-7,14H,8-13H2,1H3,(H,23,26)(H,24,27). The van der Waals surface area contributed by atoms with Crippen LogP contribution in [-0.4, -0.2) is 63.9 Å². The summed E-state index contributed by atoms with van der Waals surface area (Å²) in [6, 6.07) is 10.0. The summed E-state index contributed by atoms with van der Waals surface area (Å²) in [5.74, 6) is -1.67. The highest BCUT2D eigenvalue weighted by Gasteiger charge is 2.27. The first-order valence-electron chi connectivity index (χ1n) is 9.80. The van der Waals surface area contributed by atoms with Gasteiger partial charge in [-0.1, -0.05) is 18.2 Å². The zero-order chi connectivity index (χ0) is 22.4. The van der Waals surface area contributed by atoms with E-state index in [4.69, 9.17) is 4.74 Å². The molecule has 166 valence electrons. The van der Waals surface area contributed by atoms with Gasteiger partial charge in [-0.2, -0.15) is 4.31 Å². The van der Waals surface area contributed by atoms with Gasteiger partial charge in [0.2, 0.25) is 10.0 Å². The van der Waals surface area contributed by atoms with Crippen LogP contribution in [-0.2, 0) is 14.8 Å². The summed E-state index contributed by atoms with van der Waals surface area (Å²) < 4.78 is 45.8. The number of nitrogens with one attached hydrogen (secondary N) is 2. The fourth-order valence-electron chi connectivity index (χ4n) is 3.13. The molecular weight excluding hydrogens is 425 g/mol. The Hall–Kier alpha value is -2.82. The van der Waals surface area contributed by atoms with E-state index >= 15 is 0 Å². The van der Waals surface area contributed by atoms with Crippen LogP contribution < -0.4 is 10.6 Å². The fraction of sp³-hybridized carbons (Fsp3) is 0.333. The molecule has 2 aromatic rings. The average Bonchev–Trinajstić information content (AvgIpc) is 2.77. The van der Waals surface area contributed by atoms with Crippen molar-refractivity contribution in [3.05, 3.63) is 65.0 Å². The van der Waals surface area contributed by atoms with Gasteiger partial charge in [0.1, 0.15) is 5.82 Å². The number of halogens is 1. The van der Waals surface area contributed by atoms with Crippen LogP contribution in [0.5, 0.6) is 0 Å². The molecule has 0 radical (unpaired) electrons. The molecule has 0 spiro atoms. The number of benzene rings is 2. The smallest absolute Gasteiger partial charge is 0.254 e. The maximum absolute atomic E-state index is 13.6. The normalized spacial score (nSPS) is 14.8. The van der Waals surface area contributed by atoms with Gasteiger partial charge in [0, 0.05) is 31.7 Å². The molecule has 31 heavy (non-hydrogen) atoms. The molecule has 0 aliphatic carbocycles. The Labute approximate surface area is 180 Å². The molecule has 1 aliphatic heterocycles. The van der Waals surface area contributed by atoms with Crippen LogP contribution in [0.15, 0.2) is 47.4 Å². The molecule has 0 bridgehead atoms. The predicted molar refractivity (Wildman–Crippen MR) is 112 cm³/mol. The van der Waals surface area contributed by atoms with E-state index in [0.29, 0.717) is 18.8 Å². The lowest BCUT2D eigenvalue weighted by Crippen LogP contribution is -2.40. The van der Waals surface area contributed by atoms with Crippen molar-refractivity contribution in [2.24, 2.45) is 0 Å². The van der Waals surface area contributed by atoms with Gasteiger partial charge >= 0.3 is 0 Å². The van der Waals surface area contributed by atoms with Crippen molar-refractivity contribution in [1.82, 2.24) is 14.9 Å². The monoisotopic (exact) mass is 449 g/mol. The van der Waals surface area contributed by atoms with Gasteiger partial charge in [-0.25, -0.2) is 12.8 Å². The number of sulfonamides is 1. The van der Waals surface area contributed by atoms with Gasteiger partial charge in [-0.05, 0) is 36.8 Å². The van der Waals surface area contributed by atoms with E-state index in [2.05, 4.69) is 10.6 Å². The average molecular weight is 450 g/mol. The van der Waals surface area contributed by atoms with Crippen molar-refractivity contribution >= 4 is 21.8 Å². The van der Waals surface area contributed by atoms with Gasteiger partial charge in [0.25, 0.3) is 11.8 Å². The maximum atomic E-state index is 13.6. The maximum Gasteiger partial charge on any atom is 0.254 e. The van der Waals surface area contributed by atoms with Crippen molar-refractivity contribution < 1.29 is 27.1 Å². The second kappa shape index (κ2) is 9.99. The third-order valence-corrected chi connectivity index (χ3v) is 6.77. The van der Waals surface area contributed by atoms with Gasteiger partial charge < -0.3 is 15.4 Å². The lowest BCUT2D eigenvalue weighted by Gasteiger charge is -2.26. The first kappa shape index (κ1) is 22.9. The Kier molecular flexibility index (Phi) is 7.37. The molecule has 1 saturated heterocycles. The van der Waals surface area contributed by atoms with E-state index < -0.39 is 27.7 Å². The van der Waals surface area contributed by atoms with Gasteiger partial charge in [0.15, 0.2) is 0 Å². The Balaban J connectivity index is 1.61. The van der Waals surface area contributed by atoms with Crippen LogP contribution in [0.4, 0.5) is 4.39 Å². The van der Waals surface area contributed by atoms with E-state index in [1.165, 1.54) is 34.6 Å². The molecule has 1 fully saturated rings. The highest BCUT2D eigenvalue weighted by atomic mass is 32.2. The second-order valence-corrected chi connectivity index (χ2v) is 8.92. The zero-order valence-electron chi connectivity index (χ0n) is 17.1. The van der Waals surface area contributed by atoms with Crippen molar-refractivity contribution in [3.8, 4) is 0 Å². The van der Waals surface area contributed by atoms with Gasteiger partial charge in [0.05, 0.1) is 23.7 Å². The van der Waals surface area contributed by atoms with Crippen LogP contribution in [0.1, 0.15) is 26.3 Å². The number of amides is 2. The molecule has 2 N–H and O–H groups in total. The summed E-state index contributed by atoms with van der Waals surface area (Å²) >= 11 is 0. The lowest BCUT2D eigenvalue weighted by molar-refractivity contribution is 0.0730. The number of morpholine rings is 1. The van der Waals surface area contributed by atoms with E-state index in [1.807, 2.05) is 0 Å². The predicted octanol–water partition coefficient (Wildman–Crippen LogP) is 1.31. The van der Waals surface area contributed by atoms with Crippen LogP contribution in [0.2, 0.25) is 0 Å². The molecule has 3 rings (SSSR count). The SMILES string of the molecule is Cc1ccc(S(=O)(=O)N2CCOCC2)cc1C(=O)NCCNC(=O)c1ccccc1F. The summed E-state index contributed by atoms with van der Waals surface area (Å²) in [5.41, 5.74) is 0.772. The minimum absolute atomic E-state index is 0.0398. The molecule has 0 saturated carbocycles. The molecule has 0 atom stereocenters. The van der Waals surface area contributed by atoms with Crippen LogP contribution in [0, 0.1) is 12.7 Å². The Morgan fingerprint density at radius 2 is 1.61 bits per heavy atom. The summed E-state index contributed by atoms with van der Waals surface area (Å²) in [6.07, 6.45) is 0. The summed E-state index contributed by atoms with van der Waals surface area (Å²) in [6.45, 7) is 3.08. The molecule has 1 heterocycles. The number of rotatable bonds is 7. The van der Waals surface area contributed by atoms with E-state index in [-0.39, 0.29) is 42.2 Å². The highest BCUT2D eigenvalue weighted by molar-refractivity contribution is 7.89. The zero-order valence-corrected chi connectivity index (χ0v) is 17.9. The number of nitrogens with zero attached hydrogens (tertiary/aromatic N) is 1. The van der Waals surface area contributed by atoms with Crippen LogP contribution in [0.25, 0.3) is 0 Å². The Bertz CT molecular complexity index is 1070. The highest BCUT2D eigenvalue weighted by Crippen LogP contribution is 2.20. The third kappa shape index (κ3) is 5.46.